The van der Waals surface area contributed by atoms with Crippen LogP contribution in [-0.2, 0) is 17.0 Å². The third-order valence-corrected chi connectivity index (χ3v) is 7.66. The molecule has 18 heavy (non-hydrogen) atoms. The zero-order valence-electron chi connectivity index (χ0n) is 11.4. The van der Waals surface area contributed by atoms with Crippen molar-refractivity contribution in [3.63, 3.8) is 0 Å². The predicted molar refractivity (Wildman–Crippen MR) is 82.6 cm³/mol. The van der Waals surface area contributed by atoms with Gasteiger partial charge in [-0.2, -0.15) is 0 Å². The van der Waals surface area contributed by atoms with Gasteiger partial charge in [-0.05, 0) is 37.8 Å². The quantitative estimate of drug-likeness (QED) is 0.678. The minimum absolute atomic E-state index is 0.133. The maximum Gasteiger partial charge on any atom is 0.266 e. The van der Waals surface area contributed by atoms with Gasteiger partial charge in [-0.1, -0.05) is 24.7 Å². The Bertz CT molecular complexity index is 469. The second kappa shape index (κ2) is 4.54. The lowest BCUT2D eigenvalue weighted by Crippen LogP contribution is -2.31. The third kappa shape index (κ3) is 2.31. The summed E-state index contributed by atoms with van der Waals surface area (Å²) in [5.41, 5.74) is 3.18. The normalized spacial score (nSPS) is 17.4. The molecule has 2 rings (SSSR count). The SMILES string of the molecule is Cc1cccc(C)c1NC(=O)C1([P+](C)(C)[S-])CC1. The highest BCUT2D eigenvalue weighted by Crippen LogP contribution is 2.72. The molecule has 0 aromatic heterocycles. The summed E-state index contributed by atoms with van der Waals surface area (Å²) in [5, 5.41) is 2.87. The number of benzene rings is 1. The first-order valence-electron chi connectivity index (χ1n) is 6.21. The van der Waals surface area contributed by atoms with Gasteiger partial charge in [-0.15, -0.1) is 0 Å². The van der Waals surface area contributed by atoms with E-state index in [2.05, 4.69) is 18.6 Å². The standard InChI is InChI=1S/C14H20NOPS/c1-10-6-5-7-11(2)12(10)15-13(16)14(8-9-14)17(3,4)18/h5-7H,8-9H2,1-4H3,(H,15,16). The summed E-state index contributed by atoms with van der Waals surface area (Å²) in [7, 11) is 0. The fourth-order valence-electron chi connectivity index (χ4n) is 2.37. The summed E-state index contributed by atoms with van der Waals surface area (Å²) in [5.74, 6) is 0.133. The zero-order valence-corrected chi connectivity index (χ0v) is 13.1. The van der Waals surface area contributed by atoms with E-state index < -0.39 is 6.46 Å². The van der Waals surface area contributed by atoms with Gasteiger partial charge in [-0.3, -0.25) is 4.79 Å². The average Bonchev–Trinajstić information content (AvgIpc) is 3.03. The molecule has 1 aliphatic rings. The fraction of sp³-hybridized carbons (Fsp3) is 0.500. The molecule has 0 unspecified atom stereocenters. The number of hydrogen-bond acceptors (Lipinski definition) is 2. The molecule has 4 heteroatoms. The van der Waals surface area contributed by atoms with Crippen LogP contribution in [0.4, 0.5) is 5.69 Å². The van der Waals surface area contributed by atoms with Crippen LogP contribution in [0.25, 0.3) is 0 Å². The molecular formula is C14H20NOPS. The number of carbonyl (C=O) groups is 1. The van der Waals surface area contributed by atoms with Crippen LogP contribution in [0.3, 0.4) is 0 Å². The lowest BCUT2D eigenvalue weighted by molar-refractivity contribution is -0.116. The van der Waals surface area contributed by atoms with Crippen LogP contribution in [-0.4, -0.2) is 24.4 Å². The summed E-state index contributed by atoms with van der Waals surface area (Å²) < 4.78 is 0. The lowest BCUT2D eigenvalue weighted by atomic mass is 10.1. The Morgan fingerprint density at radius 1 is 1.28 bits per heavy atom. The van der Waals surface area contributed by atoms with Crippen molar-refractivity contribution in [3.05, 3.63) is 29.3 Å². The second-order valence-corrected chi connectivity index (χ2v) is 11.9. The lowest BCUT2D eigenvalue weighted by Gasteiger charge is -2.32. The molecule has 0 radical (unpaired) electrons. The molecule has 0 bridgehead atoms. The maximum atomic E-state index is 12.5. The van der Waals surface area contributed by atoms with Crippen molar-refractivity contribution in [2.24, 2.45) is 0 Å². The number of aryl methyl sites for hydroxylation is 2. The molecule has 0 heterocycles. The number of amides is 1. The molecule has 2 nitrogen and oxygen atoms in total. The first-order chi connectivity index (χ1) is 8.28. The first kappa shape index (κ1) is 13.9. The summed E-state index contributed by atoms with van der Waals surface area (Å²) in [4.78, 5) is 12.5. The van der Waals surface area contributed by atoms with Crippen molar-refractivity contribution in [3.8, 4) is 0 Å². The van der Waals surface area contributed by atoms with Gasteiger partial charge in [0.05, 0.1) is 0 Å². The highest BCUT2D eigenvalue weighted by Gasteiger charge is 2.60. The van der Waals surface area contributed by atoms with E-state index in [4.69, 9.17) is 12.2 Å². The predicted octanol–water partition coefficient (Wildman–Crippen LogP) is 3.51. The topological polar surface area (TPSA) is 29.1 Å². The molecule has 0 spiro atoms. The summed E-state index contributed by atoms with van der Waals surface area (Å²) in [6.07, 6.45) is 1.90. The van der Waals surface area contributed by atoms with E-state index >= 15 is 0 Å². The Morgan fingerprint density at radius 3 is 2.17 bits per heavy atom. The van der Waals surface area contributed by atoms with E-state index in [1.165, 1.54) is 0 Å². The molecule has 0 saturated heterocycles. The van der Waals surface area contributed by atoms with Gasteiger partial charge < -0.3 is 17.6 Å². The van der Waals surface area contributed by atoms with E-state index in [9.17, 15) is 4.79 Å². The molecular weight excluding hydrogens is 261 g/mol. The molecule has 1 saturated carbocycles. The molecule has 1 aliphatic carbocycles. The van der Waals surface area contributed by atoms with Crippen LogP contribution in [0.15, 0.2) is 18.2 Å². The van der Waals surface area contributed by atoms with Crippen LogP contribution in [0.2, 0.25) is 0 Å². The van der Waals surface area contributed by atoms with E-state index in [1.54, 1.807) is 0 Å². The van der Waals surface area contributed by atoms with Crippen molar-refractivity contribution in [1.82, 2.24) is 0 Å². The van der Waals surface area contributed by atoms with Crippen molar-refractivity contribution in [2.75, 3.05) is 18.6 Å². The van der Waals surface area contributed by atoms with Gasteiger partial charge >= 0.3 is 0 Å². The molecule has 1 fully saturated rings. The van der Waals surface area contributed by atoms with Crippen LogP contribution >= 0.6 is 6.46 Å². The van der Waals surface area contributed by atoms with Crippen LogP contribution in [0.5, 0.6) is 0 Å². The van der Waals surface area contributed by atoms with Gasteiger partial charge in [0.25, 0.3) is 5.91 Å². The van der Waals surface area contributed by atoms with Gasteiger partial charge in [0.1, 0.15) is 5.16 Å². The van der Waals surface area contributed by atoms with Crippen LogP contribution < -0.4 is 5.32 Å². The van der Waals surface area contributed by atoms with Crippen molar-refractivity contribution < 1.29 is 4.79 Å². The number of para-hydroxylation sites is 1. The van der Waals surface area contributed by atoms with Gasteiger partial charge in [0.2, 0.25) is 0 Å². The monoisotopic (exact) mass is 281 g/mol. The minimum atomic E-state index is -1.56. The van der Waals surface area contributed by atoms with E-state index in [1.807, 2.05) is 32.0 Å². The number of rotatable bonds is 3. The summed E-state index contributed by atoms with van der Waals surface area (Å²) >= 11 is 5.59. The molecule has 0 aliphatic heterocycles. The molecule has 1 aromatic rings. The van der Waals surface area contributed by atoms with Gasteiger partial charge in [0, 0.05) is 19.0 Å². The van der Waals surface area contributed by atoms with Crippen molar-refractivity contribution >= 4 is 30.3 Å². The molecule has 1 N–H and O–H groups in total. The average molecular weight is 281 g/mol. The Labute approximate surface area is 115 Å². The second-order valence-electron chi connectivity index (χ2n) is 5.60. The van der Waals surface area contributed by atoms with Gasteiger partial charge in [-0.25, -0.2) is 0 Å². The highest BCUT2D eigenvalue weighted by atomic mass is 32.7. The summed E-state index contributed by atoms with van der Waals surface area (Å²) in [6.45, 7) is 6.65. The number of anilines is 1. The molecule has 1 aromatic carbocycles. The van der Waals surface area contributed by atoms with E-state index in [0.29, 0.717) is 0 Å². The smallest absolute Gasteiger partial charge is 0.266 e. The highest BCUT2D eigenvalue weighted by molar-refractivity contribution is 8.42. The Kier molecular flexibility index (Phi) is 3.50. The number of nitrogens with one attached hydrogen (secondary N) is 1. The Morgan fingerprint density at radius 2 is 1.78 bits per heavy atom. The van der Waals surface area contributed by atoms with Crippen molar-refractivity contribution in [1.29, 1.82) is 0 Å². The first-order valence-corrected chi connectivity index (χ1v) is 9.90. The Hall–Kier alpha value is -0.530. The maximum absolute atomic E-state index is 12.5. The Balaban J connectivity index is 2.23. The largest absolute Gasteiger partial charge is 0.556 e. The molecule has 98 valence electrons. The number of carbonyl (C=O) groups excluding carboxylic acids is 1. The van der Waals surface area contributed by atoms with Crippen LogP contribution in [0, 0.1) is 13.8 Å². The molecule has 1 amide bonds. The van der Waals surface area contributed by atoms with Gasteiger partial charge in [0.15, 0.2) is 0 Å². The van der Waals surface area contributed by atoms with Crippen LogP contribution in [0.1, 0.15) is 24.0 Å². The molecule has 0 atom stereocenters. The number of hydrogen-bond donors (Lipinski definition) is 1. The third-order valence-electron chi connectivity index (χ3n) is 3.90. The minimum Gasteiger partial charge on any atom is -0.556 e. The van der Waals surface area contributed by atoms with E-state index in [-0.39, 0.29) is 11.1 Å². The fourth-order valence-corrected chi connectivity index (χ4v) is 4.90. The zero-order chi connectivity index (χ0) is 13.6. The van der Waals surface area contributed by atoms with Crippen molar-refractivity contribution in [2.45, 2.75) is 31.8 Å². The van der Waals surface area contributed by atoms with E-state index in [0.717, 1.165) is 29.7 Å². The summed E-state index contributed by atoms with van der Waals surface area (Å²) in [6, 6.07) is 6.06.